The van der Waals surface area contributed by atoms with E-state index in [0.717, 1.165) is 0 Å². The van der Waals surface area contributed by atoms with Crippen LogP contribution in [-0.4, -0.2) is 41.9 Å². The van der Waals surface area contributed by atoms with E-state index >= 15 is 0 Å². The molecule has 1 unspecified atom stereocenters. The van der Waals surface area contributed by atoms with Crippen LogP contribution in [0.2, 0.25) is 0 Å². The van der Waals surface area contributed by atoms with E-state index in [0.29, 0.717) is 0 Å². The van der Waals surface area contributed by atoms with Crippen LogP contribution in [0.3, 0.4) is 0 Å². The summed E-state index contributed by atoms with van der Waals surface area (Å²) < 4.78 is 10.1. The maximum atomic E-state index is 9.52. The lowest BCUT2D eigenvalue weighted by Crippen LogP contribution is -2.52. The summed E-state index contributed by atoms with van der Waals surface area (Å²) in [7, 11) is 1.48. The van der Waals surface area contributed by atoms with Gasteiger partial charge in [-0.05, 0) is 6.92 Å². The van der Waals surface area contributed by atoms with Gasteiger partial charge in [-0.15, -0.1) is 0 Å². The van der Waals surface area contributed by atoms with Gasteiger partial charge in [0.05, 0.1) is 12.2 Å². The van der Waals surface area contributed by atoms with Crippen molar-refractivity contribution in [3.8, 4) is 0 Å². The molecule has 72 valence electrons. The highest BCUT2D eigenvalue weighted by atomic mass is 16.7. The molecule has 0 aromatic heterocycles. The highest BCUT2D eigenvalue weighted by Gasteiger charge is 2.39. The summed E-state index contributed by atoms with van der Waals surface area (Å²) in [6.45, 7) is 3.54. The lowest BCUT2D eigenvalue weighted by molar-refractivity contribution is -0.270. The van der Waals surface area contributed by atoms with Gasteiger partial charge in [0.1, 0.15) is 6.10 Å². The number of aliphatic hydroxyl groups is 2. The van der Waals surface area contributed by atoms with Crippen LogP contribution in [0, 0.1) is 5.92 Å². The molecule has 1 saturated heterocycles. The number of methoxy groups -OCH3 is 1. The first-order chi connectivity index (χ1) is 5.57. The van der Waals surface area contributed by atoms with Crippen molar-refractivity contribution in [2.75, 3.05) is 7.11 Å². The second-order valence-corrected chi connectivity index (χ2v) is 3.29. The molecule has 1 rings (SSSR count). The molecule has 0 radical (unpaired) electrons. The first-order valence-corrected chi connectivity index (χ1v) is 4.12. The maximum Gasteiger partial charge on any atom is 0.183 e. The molecule has 0 saturated carbocycles. The van der Waals surface area contributed by atoms with Gasteiger partial charge < -0.3 is 19.7 Å². The van der Waals surface area contributed by atoms with Crippen LogP contribution < -0.4 is 0 Å². The summed E-state index contributed by atoms with van der Waals surface area (Å²) in [5.41, 5.74) is 0. The minimum Gasteiger partial charge on any atom is -0.390 e. The van der Waals surface area contributed by atoms with Crippen LogP contribution in [0.25, 0.3) is 0 Å². The standard InChI is InChI=1S/C8H16O4/c1-4-6(9)5(2)12-8(11-3)7(4)10/h4-10H,1-3H3/t4?,5-,6+,7-,8-/m1/s1. The minimum absolute atomic E-state index is 0.210. The Morgan fingerprint density at radius 1 is 1.17 bits per heavy atom. The smallest absolute Gasteiger partial charge is 0.183 e. The topological polar surface area (TPSA) is 58.9 Å². The summed E-state index contributed by atoms with van der Waals surface area (Å²) >= 11 is 0. The summed E-state index contributed by atoms with van der Waals surface area (Å²) in [5, 5.41) is 19.0. The SMILES string of the molecule is CO[C@@H]1O[C@H](C)[C@@H](O)C(C)[C@H]1O. The molecular formula is C8H16O4. The fraction of sp³-hybridized carbons (Fsp3) is 1.00. The summed E-state index contributed by atoms with van der Waals surface area (Å²) in [5.74, 6) is -0.210. The first-order valence-electron chi connectivity index (χ1n) is 4.12. The fourth-order valence-electron chi connectivity index (χ4n) is 1.44. The molecule has 2 N–H and O–H groups in total. The predicted molar refractivity (Wildman–Crippen MR) is 42.5 cm³/mol. The van der Waals surface area contributed by atoms with Gasteiger partial charge in [-0.3, -0.25) is 0 Å². The minimum atomic E-state index is -0.749. The van der Waals surface area contributed by atoms with E-state index in [-0.39, 0.29) is 12.0 Å². The summed E-state index contributed by atoms with van der Waals surface area (Å²) in [6, 6.07) is 0. The fourth-order valence-corrected chi connectivity index (χ4v) is 1.44. The number of hydrogen-bond donors (Lipinski definition) is 2. The Labute approximate surface area is 72.1 Å². The van der Waals surface area contributed by atoms with Crippen LogP contribution in [-0.2, 0) is 9.47 Å². The zero-order chi connectivity index (χ0) is 9.30. The highest BCUT2D eigenvalue weighted by Crippen LogP contribution is 2.25. The molecule has 12 heavy (non-hydrogen) atoms. The van der Waals surface area contributed by atoms with Gasteiger partial charge in [0.15, 0.2) is 6.29 Å². The molecule has 4 heteroatoms. The van der Waals surface area contributed by atoms with Gasteiger partial charge in [0.2, 0.25) is 0 Å². The molecule has 0 aromatic carbocycles. The van der Waals surface area contributed by atoms with E-state index in [2.05, 4.69) is 0 Å². The number of rotatable bonds is 1. The van der Waals surface area contributed by atoms with Crippen LogP contribution in [0.15, 0.2) is 0 Å². The highest BCUT2D eigenvalue weighted by molar-refractivity contribution is 4.84. The molecule has 1 heterocycles. The Morgan fingerprint density at radius 2 is 1.75 bits per heavy atom. The third-order valence-corrected chi connectivity index (χ3v) is 2.42. The van der Waals surface area contributed by atoms with Crippen molar-refractivity contribution < 1.29 is 19.7 Å². The van der Waals surface area contributed by atoms with Crippen molar-refractivity contribution in [1.29, 1.82) is 0 Å². The molecule has 0 aromatic rings. The van der Waals surface area contributed by atoms with Crippen LogP contribution in [0.5, 0.6) is 0 Å². The maximum absolute atomic E-state index is 9.52. The Hall–Kier alpha value is -0.160. The molecule has 1 fully saturated rings. The van der Waals surface area contributed by atoms with Gasteiger partial charge >= 0.3 is 0 Å². The van der Waals surface area contributed by atoms with Crippen molar-refractivity contribution in [1.82, 2.24) is 0 Å². The largest absolute Gasteiger partial charge is 0.390 e. The van der Waals surface area contributed by atoms with Crippen LogP contribution >= 0.6 is 0 Å². The van der Waals surface area contributed by atoms with Gasteiger partial charge in [0.25, 0.3) is 0 Å². The first kappa shape index (κ1) is 9.92. The third kappa shape index (κ3) is 1.61. The number of aliphatic hydroxyl groups excluding tert-OH is 2. The van der Waals surface area contributed by atoms with Gasteiger partial charge in [0, 0.05) is 13.0 Å². The average Bonchev–Trinajstić information content (AvgIpc) is 2.08. The van der Waals surface area contributed by atoms with Crippen molar-refractivity contribution >= 4 is 0 Å². The zero-order valence-corrected chi connectivity index (χ0v) is 7.60. The molecular weight excluding hydrogens is 160 g/mol. The zero-order valence-electron chi connectivity index (χ0n) is 7.60. The number of hydrogen-bond acceptors (Lipinski definition) is 4. The Morgan fingerprint density at radius 3 is 2.25 bits per heavy atom. The second kappa shape index (κ2) is 3.70. The molecule has 1 aliphatic rings. The lowest BCUT2D eigenvalue weighted by Gasteiger charge is -2.39. The van der Waals surface area contributed by atoms with E-state index < -0.39 is 18.5 Å². The molecule has 0 aliphatic carbocycles. The molecule has 0 amide bonds. The van der Waals surface area contributed by atoms with Crippen molar-refractivity contribution in [2.45, 2.75) is 38.4 Å². The second-order valence-electron chi connectivity index (χ2n) is 3.29. The summed E-state index contributed by atoms with van der Waals surface area (Å²) in [4.78, 5) is 0. The lowest BCUT2D eigenvalue weighted by atomic mass is 9.91. The normalized spacial score (nSPS) is 49.2. The number of ether oxygens (including phenoxy) is 2. The third-order valence-electron chi connectivity index (χ3n) is 2.42. The van der Waals surface area contributed by atoms with Crippen molar-refractivity contribution in [2.24, 2.45) is 5.92 Å². The van der Waals surface area contributed by atoms with Crippen molar-refractivity contribution in [3.05, 3.63) is 0 Å². The van der Waals surface area contributed by atoms with Crippen molar-refractivity contribution in [3.63, 3.8) is 0 Å². The summed E-state index contributed by atoms with van der Waals surface area (Å²) in [6.07, 6.45) is -2.26. The molecule has 5 atom stereocenters. The van der Waals surface area contributed by atoms with E-state index in [9.17, 15) is 10.2 Å². The quantitative estimate of drug-likeness (QED) is 0.577. The van der Waals surface area contributed by atoms with Gasteiger partial charge in [-0.1, -0.05) is 6.92 Å². The Balaban J connectivity index is 2.63. The van der Waals surface area contributed by atoms with E-state index in [1.807, 2.05) is 0 Å². The predicted octanol–water partition coefficient (Wildman–Crippen LogP) is -0.264. The molecule has 0 bridgehead atoms. The van der Waals surface area contributed by atoms with Crippen LogP contribution in [0.4, 0.5) is 0 Å². The molecule has 1 aliphatic heterocycles. The van der Waals surface area contributed by atoms with Gasteiger partial charge in [-0.2, -0.15) is 0 Å². The van der Waals surface area contributed by atoms with E-state index in [4.69, 9.17) is 9.47 Å². The average molecular weight is 176 g/mol. The Bertz CT molecular complexity index is 145. The molecule has 0 spiro atoms. The van der Waals surface area contributed by atoms with Gasteiger partial charge in [-0.25, -0.2) is 0 Å². The van der Waals surface area contributed by atoms with Crippen LogP contribution in [0.1, 0.15) is 13.8 Å². The molecule has 4 nitrogen and oxygen atoms in total. The Kier molecular flexibility index (Phi) is 3.06. The van der Waals surface area contributed by atoms with E-state index in [1.54, 1.807) is 13.8 Å². The monoisotopic (exact) mass is 176 g/mol. The van der Waals surface area contributed by atoms with E-state index in [1.165, 1.54) is 7.11 Å².